The molecule has 3 heterocycles. The van der Waals surface area contributed by atoms with Gasteiger partial charge in [0.05, 0.1) is 23.6 Å². The van der Waals surface area contributed by atoms with Crippen molar-refractivity contribution >= 4 is 28.2 Å². The van der Waals surface area contributed by atoms with Crippen LogP contribution in [0.5, 0.6) is 5.75 Å². The topological polar surface area (TPSA) is 75.5 Å². The maximum Gasteiger partial charge on any atom is 0.308 e. The summed E-state index contributed by atoms with van der Waals surface area (Å²) in [4.78, 5) is 22.9. The fourth-order valence-electron chi connectivity index (χ4n) is 4.95. The predicted molar refractivity (Wildman–Crippen MR) is 132 cm³/mol. The number of carbonyl (C=O) groups is 1. The number of piperidine rings is 1. The molecule has 6 nitrogen and oxygen atoms in total. The number of halogens is 1. The predicted octanol–water partition coefficient (Wildman–Crippen LogP) is 5.54. The largest absolute Gasteiger partial charge is 0.497 e. The van der Waals surface area contributed by atoms with Gasteiger partial charge in [-0.1, -0.05) is 0 Å². The van der Waals surface area contributed by atoms with E-state index in [0.29, 0.717) is 30.7 Å². The number of nitrogens with zero attached hydrogens (tertiary/aromatic N) is 3. The Morgan fingerprint density at radius 2 is 2.18 bits per heavy atom. The van der Waals surface area contributed by atoms with Crippen LogP contribution in [0.1, 0.15) is 48.8 Å². The average molecular weight is 486 g/mol. The summed E-state index contributed by atoms with van der Waals surface area (Å²) < 4.78 is 20.6. The molecule has 1 fully saturated rings. The molecule has 3 aromatic rings. The zero-order chi connectivity index (χ0) is 23.9. The lowest BCUT2D eigenvalue weighted by atomic mass is 9.81. The zero-order valence-electron chi connectivity index (χ0n) is 19.5. The first-order valence-corrected chi connectivity index (χ1v) is 12.8. The molecule has 2 aromatic heterocycles. The van der Waals surface area contributed by atoms with E-state index in [0.717, 1.165) is 54.7 Å². The minimum Gasteiger partial charge on any atom is -0.497 e. The van der Waals surface area contributed by atoms with Gasteiger partial charge in [0.1, 0.15) is 11.9 Å². The van der Waals surface area contributed by atoms with Crippen LogP contribution >= 0.6 is 11.3 Å². The van der Waals surface area contributed by atoms with Gasteiger partial charge in [0.25, 0.3) is 0 Å². The van der Waals surface area contributed by atoms with Gasteiger partial charge in [-0.3, -0.25) is 9.78 Å². The highest BCUT2D eigenvalue weighted by molar-refractivity contribution is 7.09. The molecule has 8 heteroatoms. The molecular weight excluding hydrogens is 453 g/mol. The van der Waals surface area contributed by atoms with Crippen molar-refractivity contribution < 1.29 is 19.0 Å². The van der Waals surface area contributed by atoms with Gasteiger partial charge in [0, 0.05) is 29.7 Å². The summed E-state index contributed by atoms with van der Waals surface area (Å²) in [7, 11) is 1.59. The quantitative estimate of drug-likeness (QED) is 0.360. The second-order valence-corrected chi connectivity index (χ2v) is 9.98. The number of pyridine rings is 1. The number of unbranched alkanes of at least 4 members (excludes halogenated alkanes) is 1. The summed E-state index contributed by atoms with van der Waals surface area (Å²) in [6.45, 7) is 2.32. The molecule has 3 atom stereocenters. The fourth-order valence-corrected chi connectivity index (χ4v) is 5.61. The minimum atomic E-state index is -1.17. The van der Waals surface area contributed by atoms with Crippen molar-refractivity contribution in [1.82, 2.24) is 14.9 Å². The number of ether oxygens (including phenoxy) is 1. The van der Waals surface area contributed by atoms with Crippen LogP contribution < -0.4 is 4.74 Å². The molecule has 1 aliphatic heterocycles. The number of aromatic nitrogens is 2. The van der Waals surface area contributed by atoms with Gasteiger partial charge in [-0.2, -0.15) is 0 Å². The highest BCUT2D eigenvalue weighted by Gasteiger charge is 2.34. The number of alkyl halides is 1. The third-order valence-electron chi connectivity index (χ3n) is 6.87. The van der Waals surface area contributed by atoms with Gasteiger partial charge in [-0.25, -0.2) is 9.37 Å². The second-order valence-electron chi connectivity index (χ2n) is 9.01. The van der Waals surface area contributed by atoms with Gasteiger partial charge < -0.3 is 14.7 Å². The van der Waals surface area contributed by atoms with E-state index in [9.17, 15) is 9.90 Å². The van der Waals surface area contributed by atoms with Crippen LogP contribution in [0.15, 0.2) is 42.0 Å². The van der Waals surface area contributed by atoms with Crippen molar-refractivity contribution in [2.24, 2.45) is 11.8 Å². The van der Waals surface area contributed by atoms with Crippen molar-refractivity contribution in [2.45, 2.75) is 44.7 Å². The molecule has 1 aromatic carbocycles. The van der Waals surface area contributed by atoms with Crippen molar-refractivity contribution in [3.05, 3.63) is 52.6 Å². The van der Waals surface area contributed by atoms with E-state index in [1.807, 2.05) is 29.8 Å². The van der Waals surface area contributed by atoms with E-state index >= 15 is 4.39 Å². The highest BCUT2D eigenvalue weighted by atomic mass is 32.1. The minimum absolute atomic E-state index is 0.00930. The van der Waals surface area contributed by atoms with Crippen LogP contribution in [-0.2, 0) is 11.2 Å². The summed E-state index contributed by atoms with van der Waals surface area (Å²) in [6.07, 6.45) is 7.01. The van der Waals surface area contributed by atoms with E-state index in [-0.39, 0.29) is 5.92 Å². The van der Waals surface area contributed by atoms with Crippen molar-refractivity contribution in [3.63, 3.8) is 0 Å². The lowest BCUT2D eigenvalue weighted by Crippen LogP contribution is -2.44. The van der Waals surface area contributed by atoms with E-state index in [1.54, 1.807) is 30.7 Å². The first-order valence-electron chi connectivity index (χ1n) is 12.0. The van der Waals surface area contributed by atoms with E-state index in [2.05, 4.69) is 14.9 Å². The monoisotopic (exact) mass is 485 g/mol. The Bertz CT molecular complexity index is 1080. The zero-order valence-corrected chi connectivity index (χ0v) is 20.3. The lowest BCUT2D eigenvalue weighted by molar-refractivity contribution is -0.146. The third-order valence-corrected chi connectivity index (χ3v) is 7.71. The molecule has 34 heavy (non-hydrogen) atoms. The van der Waals surface area contributed by atoms with Crippen molar-refractivity contribution in [1.29, 1.82) is 0 Å². The van der Waals surface area contributed by atoms with E-state index in [4.69, 9.17) is 4.74 Å². The number of likely N-dealkylation sites (tertiary alicyclic amines) is 1. The summed E-state index contributed by atoms with van der Waals surface area (Å²) >= 11 is 1.68. The standard InChI is InChI=1S/C26H32FN3O3S/c1-33-19-6-8-24-21(16-19)20(9-11-28-24)23(27)7-5-18-10-14-30(17-22(18)26(31)32)13-3-2-4-25-29-12-15-34-25/h6,8-9,11-12,15-16,18,22-23H,2-5,7,10,13-14,17H2,1H3,(H,31,32)/t18-,22+,23?/m1/s1. The number of thiazole rings is 1. The molecule has 1 aliphatic rings. The summed E-state index contributed by atoms with van der Waals surface area (Å²) in [6, 6.07) is 7.18. The smallest absolute Gasteiger partial charge is 0.308 e. The number of hydrogen-bond donors (Lipinski definition) is 1. The Morgan fingerprint density at radius 3 is 2.94 bits per heavy atom. The number of benzene rings is 1. The Morgan fingerprint density at radius 1 is 1.29 bits per heavy atom. The van der Waals surface area contributed by atoms with E-state index < -0.39 is 18.1 Å². The number of fused-ring (bicyclic) bond motifs is 1. The van der Waals surface area contributed by atoms with Crippen LogP contribution in [0.4, 0.5) is 4.39 Å². The maximum atomic E-state index is 15.4. The highest BCUT2D eigenvalue weighted by Crippen LogP contribution is 2.35. The van der Waals surface area contributed by atoms with Crippen LogP contribution in [0, 0.1) is 11.8 Å². The molecule has 1 saturated heterocycles. The molecule has 0 amide bonds. The summed E-state index contributed by atoms with van der Waals surface area (Å²) in [5.74, 6) is -0.565. The maximum absolute atomic E-state index is 15.4. The molecule has 0 spiro atoms. The number of aryl methyl sites for hydroxylation is 1. The molecule has 1 N–H and O–H groups in total. The first kappa shape index (κ1) is 24.5. The van der Waals surface area contributed by atoms with Crippen LogP contribution in [0.2, 0.25) is 0 Å². The molecular formula is C26H32FN3O3S. The van der Waals surface area contributed by atoms with Crippen molar-refractivity contribution in [2.75, 3.05) is 26.7 Å². The Kier molecular flexibility index (Phi) is 8.45. The average Bonchev–Trinajstić information content (AvgIpc) is 3.38. The summed E-state index contributed by atoms with van der Waals surface area (Å²) in [5.41, 5.74) is 1.32. The van der Waals surface area contributed by atoms with Gasteiger partial charge in [0.2, 0.25) is 0 Å². The van der Waals surface area contributed by atoms with Gasteiger partial charge in [-0.05, 0) is 87.4 Å². The first-order chi connectivity index (χ1) is 16.5. The van der Waals surface area contributed by atoms with Gasteiger partial charge in [-0.15, -0.1) is 11.3 Å². The molecule has 1 unspecified atom stereocenters. The summed E-state index contributed by atoms with van der Waals surface area (Å²) in [5, 5.41) is 13.8. The van der Waals surface area contributed by atoms with Crippen LogP contribution in [-0.4, -0.2) is 52.7 Å². The molecule has 0 radical (unpaired) electrons. The number of carboxylic acid groups (broad SMARTS) is 1. The van der Waals surface area contributed by atoms with E-state index in [1.165, 1.54) is 0 Å². The molecule has 0 saturated carbocycles. The lowest BCUT2D eigenvalue weighted by Gasteiger charge is -2.36. The molecule has 0 bridgehead atoms. The molecule has 4 rings (SSSR count). The third kappa shape index (κ3) is 6.10. The van der Waals surface area contributed by atoms with Crippen LogP contribution in [0.25, 0.3) is 10.9 Å². The molecule has 0 aliphatic carbocycles. The number of methoxy groups -OCH3 is 1. The van der Waals surface area contributed by atoms with Gasteiger partial charge >= 0.3 is 5.97 Å². The number of carboxylic acids is 1. The molecule has 182 valence electrons. The van der Waals surface area contributed by atoms with Crippen LogP contribution in [0.3, 0.4) is 0 Å². The Hall–Kier alpha value is -2.58. The van der Waals surface area contributed by atoms with Crippen molar-refractivity contribution in [3.8, 4) is 5.75 Å². The Labute approximate surface area is 203 Å². The SMILES string of the molecule is COc1ccc2nccc(C(F)CC[C@@H]3CCN(CCCCc4nccs4)C[C@@H]3C(=O)O)c2c1. The Balaban J connectivity index is 1.31. The normalized spacial score (nSPS) is 19.8. The second kappa shape index (κ2) is 11.7. The number of rotatable bonds is 11. The van der Waals surface area contributed by atoms with Gasteiger partial charge in [0.15, 0.2) is 0 Å². The number of hydrogen-bond acceptors (Lipinski definition) is 6. The number of aliphatic carboxylic acids is 1. The fraction of sp³-hybridized carbons (Fsp3) is 0.500.